The Bertz CT molecular complexity index is 346. The highest BCUT2D eigenvalue weighted by molar-refractivity contribution is 5.47. The number of ether oxygens (including phenoxy) is 1. The van der Waals surface area contributed by atoms with Crippen LogP contribution in [0.25, 0.3) is 0 Å². The van der Waals surface area contributed by atoms with Gasteiger partial charge in [0.05, 0.1) is 7.11 Å². The molecule has 0 amide bonds. The number of fused-ring (bicyclic) bond motifs is 1. The molecule has 0 saturated heterocycles. The highest BCUT2D eigenvalue weighted by atomic mass is 16.5. The minimum Gasteiger partial charge on any atom is -0.508 e. The standard InChI is InChI=1S/C12H17NO2/c1-3-13-5-4-9-6-10(14)7-12(15-2)11(9)8-13/h6-7,14H,3-5,8H2,1-2H3. The molecule has 2 rings (SSSR count). The van der Waals surface area contributed by atoms with Crippen LogP contribution in [0.4, 0.5) is 0 Å². The lowest BCUT2D eigenvalue weighted by atomic mass is 9.98. The summed E-state index contributed by atoms with van der Waals surface area (Å²) in [5.41, 5.74) is 2.44. The molecule has 0 aliphatic carbocycles. The average molecular weight is 207 g/mol. The van der Waals surface area contributed by atoms with Crippen molar-refractivity contribution in [3.8, 4) is 11.5 Å². The van der Waals surface area contributed by atoms with Crippen LogP contribution in [-0.2, 0) is 13.0 Å². The van der Waals surface area contributed by atoms with E-state index in [-0.39, 0.29) is 0 Å². The van der Waals surface area contributed by atoms with E-state index in [0.717, 1.165) is 31.8 Å². The predicted molar refractivity (Wildman–Crippen MR) is 59.3 cm³/mol. The fourth-order valence-corrected chi connectivity index (χ4v) is 2.12. The van der Waals surface area contributed by atoms with Gasteiger partial charge >= 0.3 is 0 Å². The van der Waals surface area contributed by atoms with E-state index in [2.05, 4.69) is 11.8 Å². The van der Waals surface area contributed by atoms with Gasteiger partial charge in [-0.05, 0) is 24.6 Å². The Kier molecular flexibility index (Phi) is 2.82. The molecule has 82 valence electrons. The summed E-state index contributed by atoms with van der Waals surface area (Å²) in [5.74, 6) is 1.11. The summed E-state index contributed by atoms with van der Waals surface area (Å²) in [4.78, 5) is 2.38. The van der Waals surface area contributed by atoms with E-state index in [1.165, 1.54) is 11.1 Å². The molecule has 0 saturated carbocycles. The number of phenolic OH excluding ortho intramolecular Hbond substituents is 1. The van der Waals surface area contributed by atoms with E-state index in [4.69, 9.17) is 4.74 Å². The Morgan fingerprint density at radius 3 is 2.93 bits per heavy atom. The Labute approximate surface area is 90.3 Å². The molecule has 0 bridgehead atoms. The summed E-state index contributed by atoms with van der Waals surface area (Å²) >= 11 is 0. The molecule has 0 aromatic heterocycles. The lowest BCUT2D eigenvalue weighted by Gasteiger charge is -2.28. The highest BCUT2D eigenvalue weighted by Gasteiger charge is 2.19. The largest absolute Gasteiger partial charge is 0.508 e. The first-order valence-corrected chi connectivity index (χ1v) is 5.35. The Morgan fingerprint density at radius 1 is 1.47 bits per heavy atom. The van der Waals surface area contributed by atoms with E-state index in [1.54, 1.807) is 13.2 Å². The van der Waals surface area contributed by atoms with Gasteiger partial charge in [-0.15, -0.1) is 0 Å². The molecule has 0 spiro atoms. The van der Waals surface area contributed by atoms with Crippen molar-refractivity contribution in [1.82, 2.24) is 4.90 Å². The zero-order chi connectivity index (χ0) is 10.8. The van der Waals surface area contributed by atoms with Crippen LogP contribution in [-0.4, -0.2) is 30.2 Å². The number of likely N-dealkylation sites (N-methyl/N-ethyl adjacent to an activating group) is 1. The first kappa shape index (κ1) is 10.3. The normalized spacial score (nSPS) is 16.1. The second-order valence-corrected chi connectivity index (χ2v) is 3.90. The first-order chi connectivity index (χ1) is 7.24. The minimum atomic E-state index is 0.301. The molecule has 0 unspecified atom stereocenters. The van der Waals surface area contributed by atoms with Crippen LogP contribution in [0.1, 0.15) is 18.1 Å². The smallest absolute Gasteiger partial charge is 0.127 e. The second-order valence-electron chi connectivity index (χ2n) is 3.90. The van der Waals surface area contributed by atoms with E-state index >= 15 is 0 Å². The van der Waals surface area contributed by atoms with E-state index in [9.17, 15) is 5.11 Å². The second kappa shape index (κ2) is 4.11. The average Bonchev–Trinajstić information content (AvgIpc) is 2.27. The number of hydrogen-bond acceptors (Lipinski definition) is 3. The molecular formula is C12H17NO2. The van der Waals surface area contributed by atoms with Gasteiger partial charge in [-0.1, -0.05) is 6.92 Å². The van der Waals surface area contributed by atoms with Crippen LogP contribution >= 0.6 is 0 Å². The zero-order valence-corrected chi connectivity index (χ0v) is 9.29. The molecule has 1 N–H and O–H groups in total. The Hall–Kier alpha value is -1.22. The topological polar surface area (TPSA) is 32.7 Å². The summed E-state index contributed by atoms with van der Waals surface area (Å²) < 4.78 is 5.30. The first-order valence-electron chi connectivity index (χ1n) is 5.35. The van der Waals surface area contributed by atoms with Crippen LogP contribution in [0.2, 0.25) is 0 Å². The third-order valence-corrected chi connectivity index (χ3v) is 3.03. The van der Waals surface area contributed by atoms with Gasteiger partial charge in [0.2, 0.25) is 0 Å². The molecule has 0 radical (unpaired) electrons. The van der Waals surface area contributed by atoms with Crippen molar-refractivity contribution in [3.05, 3.63) is 23.3 Å². The fraction of sp³-hybridized carbons (Fsp3) is 0.500. The van der Waals surface area contributed by atoms with Crippen molar-refractivity contribution in [2.24, 2.45) is 0 Å². The molecule has 1 aromatic carbocycles. The summed E-state index contributed by atoms with van der Waals surface area (Å²) in [7, 11) is 1.65. The maximum Gasteiger partial charge on any atom is 0.127 e. The van der Waals surface area contributed by atoms with Crippen molar-refractivity contribution in [1.29, 1.82) is 0 Å². The fourth-order valence-electron chi connectivity index (χ4n) is 2.12. The third-order valence-electron chi connectivity index (χ3n) is 3.03. The lowest BCUT2D eigenvalue weighted by Crippen LogP contribution is -2.30. The van der Waals surface area contributed by atoms with Crippen LogP contribution in [0.15, 0.2) is 12.1 Å². The Balaban J connectivity index is 2.39. The maximum atomic E-state index is 9.53. The summed E-state index contributed by atoms with van der Waals surface area (Å²) in [6, 6.07) is 3.54. The van der Waals surface area contributed by atoms with Crippen LogP contribution in [0.3, 0.4) is 0 Å². The number of hydrogen-bond donors (Lipinski definition) is 1. The van der Waals surface area contributed by atoms with Gasteiger partial charge < -0.3 is 9.84 Å². The van der Waals surface area contributed by atoms with Crippen molar-refractivity contribution in [2.75, 3.05) is 20.2 Å². The van der Waals surface area contributed by atoms with Crippen LogP contribution in [0.5, 0.6) is 11.5 Å². The minimum absolute atomic E-state index is 0.301. The summed E-state index contributed by atoms with van der Waals surface area (Å²) in [5, 5.41) is 9.53. The molecule has 1 aliphatic heterocycles. The number of aromatic hydroxyl groups is 1. The number of phenols is 1. The van der Waals surface area contributed by atoms with Gasteiger partial charge in [-0.3, -0.25) is 4.90 Å². The van der Waals surface area contributed by atoms with Gasteiger partial charge in [0.1, 0.15) is 11.5 Å². The SMILES string of the molecule is CCN1CCc2cc(O)cc(OC)c2C1. The van der Waals surface area contributed by atoms with E-state index in [1.807, 2.05) is 6.07 Å². The predicted octanol–water partition coefficient (Wildman–Crippen LogP) is 1.78. The molecule has 1 aromatic rings. The Morgan fingerprint density at radius 2 is 2.27 bits per heavy atom. The maximum absolute atomic E-state index is 9.53. The molecule has 3 nitrogen and oxygen atoms in total. The van der Waals surface area contributed by atoms with Gasteiger partial charge in [-0.2, -0.15) is 0 Å². The van der Waals surface area contributed by atoms with Gasteiger partial charge in [0, 0.05) is 24.7 Å². The van der Waals surface area contributed by atoms with Crippen molar-refractivity contribution < 1.29 is 9.84 Å². The molecule has 0 fully saturated rings. The highest BCUT2D eigenvalue weighted by Crippen LogP contribution is 2.32. The van der Waals surface area contributed by atoms with Gasteiger partial charge in [0.15, 0.2) is 0 Å². The molecule has 15 heavy (non-hydrogen) atoms. The van der Waals surface area contributed by atoms with Crippen molar-refractivity contribution in [3.63, 3.8) is 0 Å². The summed E-state index contributed by atoms with van der Waals surface area (Å²) in [6.07, 6.45) is 0.994. The third kappa shape index (κ3) is 1.92. The molecule has 0 atom stereocenters. The van der Waals surface area contributed by atoms with Gasteiger partial charge in [0.25, 0.3) is 0 Å². The number of methoxy groups -OCH3 is 1. The quantitative estimate of drug-likeness (QED) is 0.802. The van der Waals surface area contributed by atoms with E-state index < -0.39 is 0 Å². The zero-order valence-electron chi connectivity index (χ0n) is 9.29. The molecule has 1 aliphatic rings. The number of benzene rings is 1. The van der Waals surface area contributed by atoms with E-state index in [0.29, 0.717) is 5.75 Å². The monoisotopic (exact) mass is 207 g/mol. The molecular weight excluding hydrogens is 190 g/mol. The number of nitrogens with zero attached hydrogens (tertiary/aromatic N) is 1. The van der Waals surface area contributed by atoms with Crippen molar-refractivity contribution in [2.45, 2.75) is 19.9 Å². The molecule has 3 heteroatoms. The van der Waals surface area contributed by atoms with Crippen LogP contribution in [0, 0.1) is 0 Å². The number of rotatable bonds is 2. The molecule has 1 heterocycles. The lowest BCUT2D eigenvalue weighted by molar-refractivity contribution is 0.261. The summed E-state index contributed by atoms with van der Waals surface area (Å²) in [6.45, 7) is 5.22. The van der Waals surface area contributed by atoms with Gasteiger partial charge in [-0.25, -0.2) is 0 Å². The van der Waals surface area contributed by atoms with Crippen LogP contribution < -0.4 is 4.74 Å². The van der Waals surface area contributed by atoms with Crippen molar-refractivity contribution >= 4 is 0 Å².